The standard InChI is InChI=1S/C29H24N2O7/c1-36-20-13-9-18(10-14-20)27(33)25-26(22-5-3-4-6-24(22)37-2)31(29(35)28(25)34)19-11-7-17(8-12-19)23-15-21(16-32)38-30-23/h3-15,25-26,32H,16H2,1-2H3. The highest BCUT2D eigenvalue weighted by Crippen LogP contribution is 2.44. The third-order valence-corrected chi connectivity index (χ3v) is 6.58. The number of hydrogen-bond donors (Lipinski definition) is 1. The summed E-state index contributed by atoms with van der Waals surface area (Å²) in [5.74, 6) is -2.00. The van der Waals surface area contributed by atoms with Crippen LogP contribution in [0.2, 0.25) is 0 Å². The average molecular weight is 513 g/mol. The van der Waals surface area contributed by atoms with Crippen molar-refractivity contribution < 1.29 is 33.5 Å². The molecular weight excluding hydrogens is 488 g/mol. The summed E-state index contributed by atoms with van der Waals surface area (Å²) < 4.78 is 15.8. The lowest BCUT2D eigenvalue weighted by atomic mass is 9.86. The van der Waals surface area contributed by atoms with Gasteiger partial charge in [-0.3, -0.25) is 19.3 Å². The van der Waals surface area contributed by atoms with Crippen LogP contribution in [0.1, 0.15) is 27.7 Å². The van der Waals surface area contributed by atoms with Gasteiger partial charge in [-0.2, -0.15) is 0 Å². The van der Waals surface area contributed by atoms with Gasteiger partial charge in [0.1, 0.15) is 29.7 Å². The molecule has 2 unspecified atom stereocenters. The maximum atomic E-state index is 13.7. The summed E-state index contributed by atoms with van der Waals surface area (Å²) in [6, 6.07) is 20.9. The fourth-order valence-corrected chi connectivity index (χ4v) is 4.69. The zero-order valence-electron chi connectivity index (χ0n) is 20.7. The maximum Gasteiger partial charge on any atom is 0.295 e. The van der Waals surface area contributed by atoms with E-state index in [1.807, 2.05) is 0 Å². The molecule has 1 aliphatic heterocycles. The van der Waals surface area contributed by atoms with Crippen molar-refractivity contribution in [2.75, 3.05) is 19.1 Å². The Morgan fingerprint density at radius 3 is 2.32 bits per heavy atom. The Morgan fingerprint density at radius 2 is 1.68 bits per heavy atom. The highest BCUT2D eigenvalue weighted by atomic mass is 16.5. The van der Waals surface area contributed by atoms with Crippen molar-refractivity contribution in [3.8, 4) is 22.8 Å². The monoisotopic (exact) mass is 512 g/mol. The minimum Gasteiger partial charge on any atom is -0.497 e. The molecule has 1 aromatic heterocycles. The molecule has 5 rings (SSSR count). The van der Waals surface area contributed by atoms with Crippen LogP contribution >= 0.6 is 0 Å². The number of rotatable bonds is 8. The first kappa shape index (κ1) is 24.9. The normalized spacial score (nSPS) is 17.1. The molecule has 1 amide bonds. The summed E-state index contributed by atoms with van der Waals surface area (Å²) in [5.41, 5.74) is 2.46. The van der Waals surface area contributed by atoms with E-state index in [0.29, 0.717) is 45.3 Å². The van der Waals surface area contributed by atoms with Crippen molar-refractivity contribution in [2.45, 2.75) is 12.6 Å². The minimum absolute atomic E-state index is 0.278. The molecule has 1 saturated heterocycles. The van der Waals surface area contributed by atoms with E-state index in [9.17, 15) is 19.5 Å². The van der Waals surface area contributed by atoms with Crippen LogP contribution in [-0.2, 0) is 16.2 Å². The predicted octanol–water partition coefficient (Wildman–Crippen LogP) is 4.01. The van der Waals surface area contributed by atoms with Crippen molar-refractivity contribution in [3.05, 3.63) is 95.7 Å². The average Bonchev–Trinajstić information content (AvgIpc) is 3.55. The topological polar surface area (TPSA) is 119 Å². The Balaban J connectivity index is 1.58. The molecule has 0 saturated carbocycles. The molecule has 38 heavy (non-hydrogen) atoms. The van der Waals surface area contributed by atoms with Crippen LogP contribution in [0, 0.1) is 5.92 Å². The van der Waals surface area contributed by atoms with E-state index in [-0.39, 0.29) is 6.61 Å². The SMILES string of the molecule is COc1ccc(C(=O)C2C(=O)C(=O)N(c3ccc(-c4cc(CO)on4)cc3)C2c2ccccc2OC)cc1. The second-order valence-electron chi connectivity index (χ2n) is 8.68. The predicted molar refractivity (Wildman–Crippen MR) is 137 cm³/mol. The van der Waals surface area contributed by atoms with Crippen LogP contribution in [0.3, 0.4) is 0 Å². The van der Waals surface area contributed by atoms with Crippen LogP contribution in [-0.4, -0.2) is 42.0 Å². The van der Waals surface area contributed by atoms with E-state index < -0.39 is 29.4 Å². The van der Waals surface area contributed by atoms with E-state index >= 15 is 0 Å². The number of amides is 1. The zero-order chi connectivity index (χ0) is 26.8. The van der Waals surface area contributed by atoms with Crippen molar-refractivity contribution in [3.63, 3.8) is 0 Å². The number of carbonyl (C=O) groups excluding carboxylic acids is 3. The van der Waals surface area contributed by atoms with Crippen molar-refractivity contribution >= 4 is 23.2 Å². The lowest BCUT2D eigenvalue weighted by molar-refractivity contribution is -0.135. The lowest BCUT2D eigenvalue weighted by Crippen LogP contribution is -2.31. The van der Waals surface area contributed by atoms with Crippen molar-refractivity contribution in [2.24, 2.45) is 5.92 Å². The number of anilines is 1. The summed E-state index contributed by atoms with van der Waals surface area (Å²) in [4.78, 5) is 41.9. The number of methoxy groups -OCH3 is 2. The van der Waals surface area contributed by atoms with Crippen molar-refractivity contribution in [1.29, 1.82) is 0 Å². The zero-order valence-corrected chi connectivity index (χ0v) is 20.7. The summed E-state index contributed by atoms with van der Waals surface area (Å²) in [6.07, 6.45) is 0. The molecule has 0 aliphatic carbocycles. The number of hydrogen-bond acceptors (Lipinski definition) is 8. The number of aromatic nitrogens is 1. The second kappa shape index (κ2) is 10.3. The summed E-state index contributed by atoms with van der Waals surface area (Å²) in [5, 5.41) is 13.2. The van der Waals surface area contributed by atoms with Gasteiger partial charge in [0.15, 0.2) is 11.5 Å². The fourth-order valence-electron chi connectivity index (χ4n) is 4.69. The Labute approximate surface area is 218 Å². The van der Waals surface area contributed by atoms with Gasteiger partial charge in [0.05, 0.1) is 20.3 Å². The number of ether oxygens (including phenoxy) is 2. The quantitative estimate of drug-likeness (QED) is 0.214. The second-order valence-corrected chi connectivity index (χ2v) is 8.68. The van der Waals surface area contributed by atoms with Gasteiger partial charge in [-0.25, -0.2) is 0 Å². The number of aliphatic hydroxyl groups excluding tert-OH is 1. The molecular formula is C29H24N2O7. The van der Waals surface area contributed by atoms with Gasteiger partial charge in [0.25, 0.3) is 5.91 Å². The number of nitrogens with zero attached hydrogens (tertiary/aromatic N) is 2. The molecule has 9 heteroatoms. The Bertz CT molecular complexity index is 1490. The molecule has 3 aromatic carbocycles. The minimum atomic E-state index is -1.28. The van der Waals surface area contributed by atoms with Crippen LogP contribution in [0.15, 0.2) is 83.4 Å². The maximum absolute atomic E-state index is 13.7. The van der Waals surface area contributed by atoms with E-state index in [0.717, 1.165) is 0 Å². The molecule has 1 N–H and O–H groups in total. The number of aliphatic hydroxyl groups is 1. The number of ketones is 2. The Kier molecular flexibility index (Phi) is 6.76. The number of benzene rings is 3. The molecule has 9 nitrogen and oxygen atoms in total. The molecule has 0 radical (unpaired) electrons. The Morgan fingerprint density at radius 1 is 0.974 bits per heavy atom. The van der Waals surface area contributed by atoms with Gasteiger partial charge in [0, 0.05) is 28.4 Å². The highest BCUT2D eigenvalue weighted by molar-refractivity contribution is 6.49. The van der Waals surface area contributed by atoms with Gasteiger partial charge >= 0.3 is 0 Å². The van der Waals surface area contributed by atoms with Crippen LogP contribution in [0.4, 0.5) is 5.69 Å². The summed E-state index contributed by atoms with van der Waals surface area (Å²) in [7, 11) is 3.01. The lowest BCUT2D eigenvalue weighted by Gasteiger charge is -2.28. The molecule has 0 spiro atoms. The van der Waals surface area contributed by atoms with E-state index in [2.05, 4.69) is 5.16 Å². The van der Waals surface area contributed by atoms with Gasteiger partial charge in [-0.05, 0) is 42.5 Å². The summed E-state index contributed by atoms with van der Waals surface area (Å²) >= 11 is 0. The molecule has 1 aliphatic rings. The third kappa shape index (κ3) is 4.33. The molecule has 192 valence electrons. The first-order valence-electron chi connectivity index (χ1n) is 11.8. The largest absolute Gasteiger partial charge is 0.497 e. The molecule has 0 bridgehead atoms. The van der Waals surface area contributed by atoms with Gasteiger partial charge in [0.2, 0.25) is 5.78 Å². The van der Waals surface area contributed by atoms with Gasteiger partial charge < -0.3 is 19.1 Å². The highest BCUT2D eigenvalue weighted by Gasteiger charge is 2.53. The fraction of sp³-hybridized carbons (Fsp3) is 0.172. The first-order chi connectivity index (χ1) is 18.5. The van der Waals surface area contributed by atoms with E-state index in [4.69, 9.17) is 14.0 Å². The van der Waals surface area contributed by atoms with Crippen LogP contribution < -0.4 is 14.4 Å². The van der Waals surface area contributed by atoms with Crippen LogP contribution in [0.5, 0.6) is 11.5 Å². The van der Waals surface area contributed by atoms with Crippen molar-refractivity contribution in [1.82, 2.24) is 5.16 Å². The molecule has 4 aromatic rings. The number of carbonyl (C=O) groups is 3. The Hall–Kier alpha value is -4.76. The van der Waals surface area contributed by atoms with Gasteiger partial charge in [-0.15, -0.1) is 0 Å². The number of Topliss-reactive ketones (excluding diaryl/α,β-unsaturated/α-hetero) is 2. The smallest absolute Gasteiger partial charge is 0.295 e. The van der Waals surface area contributed by atoms with Gasteiger partial charge in [-0.1, -0.05) is 35.5 Å². The van der Waals surface area contributed by atoms with E-state index in [1.165, 1.54) is 19.1 Å². The summed E-state index contributed by atoms with van der Waals surface area (Å²) in [6.45, 7) is -0.278. The molecule has 2 atom stereocenters. The van der Waals surface area contributed by atoms with Crippen LogP contribution in [0.25, 0.3) is 11.3 Å². The third-order valence-electron chi connectivity index (χ3n) is 6.58. The first-order valence-corrected chi connectivity index (χ1v) is 11.8. The number of para-hydroxylation sites is 1. The molecule has 2 heterocycles. The molecule has 1 fully saturated rings. The van der Waals surface area contributed by atoms with E-state index in [1.54, 1.807) is 78.9 Å².